The van der Waals surface area contributed by atoms with Gasteiger partial charge in [0.25, 0.3) is 5.91 Å². The number of nitrogens with one attached hydrogen (secondary N) is 1. The normalized spacial score (nSPS) is 11.6. The van der Waals surface area contributed by atoms with Gasteiger partial charge >= 0.3 is 5.63 Å². The number of nitrogens with zero attached hydrogens (tertiary/aromatic N) is 3. The molecule has 5 rings (SSSR count). The van der Waals surface area contributed by atoms with Crippen molar-refractivity contribution in [1.82, 2.24) is 14.8 Å². The van der Waals surface area contributed by atoms with E-state index in [1.165, 1.54) is 0 Å². The molecule has 0 radical (unpaired) electrons. The van der Waals surface area contributed by atoms with E-state index in [1.807, 2.05) is 43.3 Å². The highest BCUT2D eigenvalue weighted by molar-refractivity contribution is 6.00. The number of hydrogen-bond acceptors (Lipinski definition) is 5. The summed E-state index contributed by atoms with van der Waals surface area (Å²) in [5.74, 6) is -0.377. The molecule has 0 unspecified atom stereocenters. The molecule has 0 atom stereocenters. The highest BCUT2D eigenvalue weighted by atomic mass is 16.4. The summed E-state index contributed by atoms with van der Waals surface area (Å²) < 4.78 is 7.13. The first kappa shape index (κ1) is 17.8. The van der Waals surface area contributed by atoms with Gasteiger partial charge in [-0.1, -0.05) is 18.2 Å². The summed E-state index contributed by atoms with van der Waals surface area (Å²) in [5, 5.41) is 5.45. The van der Waals surface area contributed by atoms with Crippen LogP contribution in [-0.4, -0.2) is 21.5 Å². The van der Waals surface area contributed by atoms with Gasteiger partial charge in [0.15, 0.2) is 0 Å². The molecule has 2 aromatic carbocycles. The van der Waals surface area contributed by atoms with Crippen LogP contribution in [0.25, 0.3) is 27.5 Å². The molecule has 0 fully saturated rings. The zero-order valence-electron chi connectivity index (χ0n) is 16.0. The van der Waals surface area contributed by atoms with E-state index in [0.717, 1.165) is 22.2 Å². The van der Waals surface area contributed by atoms with Crippen molar-refractivity contribution in [3.63, 3.8) is 0 Å². The van der Waals surface area contributed by atoms with Crippen molar-refractivity contribution in [3.05, 3.63) is 94.1 Å². The van der Waals surface area contributed by atoms with Crippen LogP contribution in [0, 0.1) is 6.92 Å². The Balaban J connectivity index is 1.47. The molecular formula is C23H16N4O3. The number of aromatic nitrogens is 2. The number of carbonyl (C=O) groups excluding carboxylic acids is 1. The largest absolute Gasteiger partial charge is 0.405 e. The van der Waals surface area contributed by atoms with Gasteiger partial charge in [-0.15, -0.1) is 0 Å². The minimum atomic E-state index is -0.440. The Bertz CT molecular complexity index is 1520. The molecule has 0 spiro atoms. The Morgan fingerprint density at radius 2 is 2.00 bits per heavy atom. The summed E-state index contributed by atoms with van der Waals surface area (Å²) >= 11 is 0. The number of hydrogen-bond donors (Lipinski definition) is 1. The van der Waals surface area contributed by atoms with Crippen LogP contribution in [0.2, 0.25) is 0 Å². The molecule has 1 amide bonds. The molecule has 0 aliphatic heterocycles. The molecule has 1 N–H and O–H groups in total. The van der Waals surface area contributed by atoms with E-state index in [9.17, 15) is 9.59 Å². The van der Waals surface area contributed by atoms with E-state index in [-0.39, 0.29) is 5.91 Å². The number of aryl methyl sites for hydroxylation is 1. The van der Waals surface area contributed by atoms with E-state index in [1.54, 1.807) is 41.1 Å². The average Bonchev–Trinajstić information content (AvgIpc) is 3.14. The summed E-state index contributed by atoms with van der Waals surface area (Å²) in [5.41, 5.74) is 6.15. The predicted molar refractivity (Wildman–Crippen MR) is 115 cm³/mol. The van der Waals surface area contributed by atoms with Crippen molar-refractivity contribution in [1.29, 1.82) is 0 Å². The smallest absolute Gasteiger partial charge is 0.346 e. The first-order valence-corrected chi connectivity index (χ1v) is 9.34. The number of benzene rings is 2. The van der Waals surface area contributed by atoms with Gasteiger partial charge in [-0.2, -0.15) is 5.10 Å². The van der Waals surface area contributed by atoms with Gasteiger partial charge in [-0.05, 0) is 43.3 Å². The maximum Gasteiger partial charge on any atom is 0.346 e. The van der Waals surface area contributed by atoms with Crippen LogP contribution in [0.5, 0.6) is 0 Å². The van der Waals surface area contributed by atoms with Crippen LogP contribution < -0.4 is 11.1 Å². The fourth-order valence-electron chi connectivity index (χ4n) is 3.55. The molecule has 0 aliphatic carbocycles. The highest BCUT2D eigenvalue weighted by Crippen LogP contribution is 2.19. The molecule has 0 saturated heterocycles. The number of carbonyl (C=O) groups is 1. The second-order valence-electron chi connectivity index (χ2n) is 6.89. The van der Waals surface area contributed by atoms with E-state index in [4.69, 9.17) is 4.42 Å². The lowest BCUT2D eigenvalue weighted by molar-refractivity contribution is 0.0955. The third-order valence-corrected chi connectivity index (χ3v) is 5.01. The SMILES string of the molecule is Cc1ccc2oc(=O)c3ccc(C(=O)NN=Cc4cccc5ncccc45)cc3n12. The molecule has 3 heterocycles. The average molecular weight is 396 g/mol. The van der Waals surface area contributed by atoms with E-state index in [0.29, 0.717) is 22.2 Å². The third kappa shape index (κ3) is 2.93. The van der Waals surface area contributed by atoms with E-state index < -0.39 is 5.63 Å². The van der Waals surface area contributed by atoms with Crippen LogP contribution in [0.3, 0.4) is 0 Å². The van der Waals surface area contributed by atoms with Gasteiger partial charge in [0, 0.05) is 34.5 Å². The molecule has 7 nitrogen and oxygen atoms in total. The molecule has 0 saturated carbocycles. The van der Waals surface area contributed by atoms with Crippen LogP contribution in [0.1, 0.15) is 21.6 Å². The summed E-state index contributed by atoms with van der Waals surface area (Å²) in [6.07, 6.45) is 3.32. The molecule has 7 heteroatoms. The molecule has 146 valence electrons. The third-order valence-electron chi connectivity index (χ3n) is 5.01. The van der Waals surface area contributed by atoms with Gasteiger partial charge in [-0.3, -0.25) is 14.2 Å². The van der Waals surface area contributed by atoms with Crippen LogP contribution >= 0.6 is 0 Å². The Hall–Kier alpha value is -4.26. The predicted octanol–water partition coefficient (Wildman–Crippen LogP) is 3.67. The maximum absolute atomic E-state index is 12.6. The minimum Gasteiger partial charge on any atom is -0.405 e. The van der Waals surface area contributed by atoms with E-state index >= 15 is 0 Å². The topological polar surface area (TPSA) is 89.0 Å². The lowest BCUT2D eigenvalue weighted by Crippen LogP contribution is -2.18. The summed E-state index contributed by atoms with van der Waals surface area (Å²) in [7, 11) is 0. The number of rotatable bonds is 3. The zero-order chi connectivity index (χ0) is 20.7. The van der Waals surface area contributed by atoms with Gasteiger partial charge in [0.2, 0.25) is 5.71 Å². The summed E-state index contributed by atoms with van der Waals surface area (Å²) in [6.45, 7) is 1.91. The fraction of sp³-hybridized carbons (Fsp3) is 0.0435. The minimum absolute atomic E-state index is 0.377. The summed E-state index contributed by atoms with van der Waals surface area (Å²) in [4.78, 5) is 29.2. The van der Waals surface area contributed by atoms with Crippen molar-refractivity contribution >= 4 is 39.6 Å². The summed E-state index contributed by atoms with van der Waals surface area (Å²) in [6, 6.07) is 17.9. The Morgan fingerprint density at radius 1 is 1.10 bits per heavy atom. The Kier molecular flexibility index (Phi) is 4.14. The van der Waals surface area contributed by atoms with Gasteiger partial charge in [-0.25, -0.2) is 10.2 Å². The fourth-order valence-corrected chi connectivity index (χ4v) is 3.55. The molecule has 0 aliphatic rings. The molecule has 3 aromatic heterocycles. The monoisotopic (exact) mass is 396 g/mol. The van der Waals surface area contributed by atoms with Crippen molar-refractivity contribution in [2.24, 2.45) is 5.10 Å². The Labute approximate surface area is 170 Å². The second kappa shape index (κ2) is 6.97. The van der Waals surface area contributed by atoms with Crippen molar-refractivity contribution in [2.75, 3.05) is 0 Å². The van der Waals surface area contributed by atoms with Crippen LogP contribution in [-0.2, 0) is 0 Å². The van der Waals surface area contributed by atoms with Crippen molar-refractivity contribution in [3.8, 4) is 0 Å². The van der Waals surface area contributed by atoms with Gasteiger partial charge < -0.3 is 4.42 Å². The van der Waals surface area contributed by atoms with Crippen LogP contribution in [0.15, 0.2) is 81.2 Å². The molecule has 0 bridgehead atoms. The number of pyridine rings is 1. The number of amides is 1. The Morgan fingerprint density at radius 3 is 2.90 bits per heavy atom. The maximum atomic E-state index is 12.6. The van der Waals surface area contributed by atoms with Crippen molar-refractivity contribution in [2.45, 2.75) is 6.92 Å². The van der Waals surface area contributed by atoms with Gasteiger partial charge in [0.05, 0.1) is 22.6 Å². The number of fused-ring (bicyclic) bond motifs is 4. The molecule has 30 heavy (non-hydrogen) atoms. The van der Waals surface area contributed by atoms with E-state index in [2.05, 4.69) is 15.5 Å². The molecule has 5 aromatic rings. The first-order chi connectivity index (χ1) is 14.6. The van der Waals surface area contributed by atoms with Crippen molar-refractivity contribution < 1.29 is 9.21 Å². The first-order valence-electron chi connectivity index (χ1n) is 9.34. The van der Waals surface area contributed by atoms with Crippen LogP contribution in [0.4, 0.5) is 0 Å². The standard InChI is InChI=1S/C23H16N4O3/c1-14-7-10-21-27(14)20-12-15(8-9-18(20)23(29)30-21)22(28)26-25-13-16-4-2-6-19-17(16)5-3-11-24-19/h2-13H,1H3,(H,26,28). The zero-order valence-corrected chi connectivity index (χ0v) is 16.0. The second-order valence-corrected chi connectivity index (χ2v) is 6.89. The lowest BCUT2D eigenvalue weighted by Gasteiger charge is -2.06. The number of hydrazone groups is 1. The molecular weight excluding hydrogens is 380 g/mol. The highest BCUT2D eigenvalue weighted by Gasteiger charge is 2.12. The van der Waals surface area contributed by atoms with Gasteiger partial charge in [0.1, 0.15) is 0 Å². The lowest BCUT2D eigenvalue weighted by atomic mass is 10.1. The quantitative estimate of drug-likeness (QED) is 0.372.